The predicted octanol–water partition coefficient (Wildman–Crippen LogP) is 4.06. The van der Waals surface area contributed by atoms with Crippen LogP contribution in [-0.4, -0.2) is 126 Å². The van der Waals surface area contributed by atoms with Crippen LogP contribution in [0, 0.1) is 0 Å². The summed E-state index contributed by atoms with van der Waals surface area (Å²) in [5.74, 6) is -4.18. The first-order chi connectivity index (χ1) is 32.1. The minimum atomic E-state index is -5.45. The maximum absolute atomic E-state index is 13.1. The van der Waals surface area contributed by atoms with Gasteiger partial charge in [-0.2, -0.15) is 42.1 Å². The number of hydrogen-bond donors (Lipinski definition) is 7. The van der Waals surface area contributed by atoms with E-state index >= 15 is 0 Å². The molecule has 0 aliphatic carbocycles. The van der Waals surface area contributed by atoms with E-state index < -0.39 is 160 Å². The molecule has 0 unspecified atom stereocenters. The van der Waals surface area contributed by atoms with Gasteiger partial charge in [0.1, 0.15) is 48.9 Å². The number of phenolic OH excluding ortho intramolecular Hbond substituents is 1. The number of azo groups is 2. The lowest BCUT2D eigenvalue weighted by Crippen LogP contribution is -2.16. The second-order valence-corrected chi connectivity index (χ2v) is 24.1. The SMILES string of the molecule is COc1cc(N=Nc2c(S(=O)(=O)O)cc3c(N=Nc4ccc(S(=O)(=O)CCOS(=O)(=O)O)cc4S(=O)(=O)O)c(Nc4cccc(S(=O)(=O)O)c4)ccc3c2OC)c(O)cc1S(=O)(=O)CCOS(=O)(=O)O. The van der Waals surface area contributed by atoms with Crippen molar-refractivity contribution in [2.75, 3.05) is 44.3 Å². The molecule has 0 bridgehead atoms. The summed E-state index contributed by atoms with van der Waals surface area (Å²) < 4.78 is 237. The monoisotopic (exact) mass is 1120 g/mol. The molecule has 5 rings (SSSR count). The number of phenols is 1. The van der Waals surface area contributed by atoms with Crippen LogP contribution in [0.5, 0.6) is 17.2 Å². The summed E-state index contributed by atoms with van der Waals surface area (Å²) in [5, 5.41) is 28.5. The summed E-state index contributed by atoms with van der Waals surface area (Å²) in [4.78, 5) is -4.51. The molecule has 5 aromatic rings. The van der Waals surface area contributed by atoms with Crippen LogP contribution in [0.3, 0.4) is 0 Å². The molecule has 0 heterocycles. The van der Waals surface area contributed by atoms with Crippen LogP contribution in [0.15, 0.2) is 118 Å². The van der Waals surface area contributed by atoms with E-state index in [2.05, 4.69) is 34.1 Å². The van der Waals surface area contributed by atoms with Gasteiger partial charge >= 0.3 is 20.8 Å². The van der Waals surface area contributed by atoms with Crippen molar-refractivity contribution in [3.05, 3.63) is 72.8 Å². The summed E-state index contributed by atoms with van der Waals surface area (Å²) in [5.41, 5.74) is -3.03. The second kappa shape index (κ2) is 20.5. The third-order valence-electron chi connectivity index (χ3n) is 8.93. The molecule has 0 saturated heterocycles. The zero-order chi connectivity index (χ0) is 52.4. The minimum absolute atomic E-state index is 0.0926. The van der Waals surface area contributed by atoms with Crippen LogP contribution in [0.25, 0.3) is 10.8 Å². The molecule has 29 nitrogen and oxygen atoms in total. The largest absolute Gasteiger partial charge is 0.506 e. The molecule has 7 N–H and O–H groups in total. The molecule has 36 heteroatoms. The number of nitrogens with one attached hydrogen (secondary N) is 1. The number of ether oxygens (including phenoxy) is 2. The van der Waals surface area contributed by atoms with Gasteiger partial charge in [0.15, 0.2) is 25.4 Å². The van der Waals surface area contributed by atoms with E-state index in [1.54, 1.807) is 0 Å². The van der Waals surface area contributed by atoms with Crippen LogP contribution in [0.1, 0.15) is 0 Å². The Kier molecular flexibility index (Phi) is 16.1. The summed E-state index contributed by atoms with van der Waals surface area (Å²) in [6.07, 6.45) is 0. The Labute approximate surface area is 397 Å². The minimum Gasteiger partial charge on any atom is -0.506 e. The van der Waals surface area contributed by atoms with Gasteiger partial charge in [-0.1, -0.05) is 6.07 Å². The highest BCUT2D eigenvalue weighted by atomic mass is 32.3. The van der Waals surface area contributed by atoms with Gasteiger partial charge in [0.2, 0.25) is 0 Å². The third kappa shape index (κ3) is 13.7. The number of fused-ring (bicyclic) bond motifs is 1. The van der Waals surface area contributed by atoms with Crippen molar-refractivity contribution < 1.29 is 105 Å². The molecule has 0 spiro atoms. The molecule has 0 amide bonds. The maximum Gasteiger partial charge on any atom is 0.397 e. The van der Waals surface area contributed by atoms with Gasteiger partial charge in [-0.3, -0.25) is 22.8 Å². The molecule has 0 aliphatic rings. The molecule has 5 aromatic carbocycles. The molecule has 0 aliphatic heterocycles. The first kappa shape index (κ1) is 55.1. The fourth-order valence-electron chi connectivity index (χ4n) is 5.92. The lowest BCUT2D eigenvalue weighted by Gasteiger charge is -2.16. The van der Waals surface area contributed by atoms with Crippen LogP contribution in [0.4, 0.5) is 34.1 Å². The highest BCUT2D eigenvalue weighted by Crippen LogP contribution is 2.48. The molecule has 0 radical (unpaired) electrons. The predicted molar refractivity (Wildman–Crippen MR) is 238 cm³/mol. The van der Waals surface area contributed by atoms with Gasteiger partial charge in [0.05, 0.1) is 54.4 Å². The van der Waals surface area contributed by atoms with Crippen LogP contribution in [0.2, 0.25) is 0 Å². The van der Waals surface area contributed by atoms with Crippen LogP contribution < -0.4 is 14.8 Å². The maximum atomic E-state index is 13.1. The van der Waals surface area contributed by atoms with E-state index in [-0.39, 0.29) is 22.1 Å². The van der Waals surface area contributed by atoms with Crippen molar-refractivity contribution in [2.45, 2.75) is 24.5 Å². The Bertz CT molecular complexity index is 3790. The Morgan fingerprint density at radius 2 is 1.10 bits per heavy atom. The zero-order valence-corrected chi connectivity index (χ0v) is 40.7. The highest BCUT2D eigenvalue weighted by molar-refractivity contribution is 7.92. The van der Waals surface area contributed by atoms with Gasteiger partial charge in [-0.25, -0.2) is 25.2 Å². The standard InChI is InChI=1S/C34H33N5O24S7/c1-60-28-17-26(27(40)18-30(28)65(43,44)13-11-63-70(57,58)59)37-39-33-31(68(51,52)53)16-23-22(34(33)61-2)7-9-25(35-19-4-3-5-21(14-19)66(45,46)47)32(23)38-36-24-8-6-20(15-29(24)67(48,49)50)64(41,42)12-10-62-69(54,55)56/h3-9,14-18,35,40H,10-13H2,1-2H3,(H,45,46,47)(H,48,49,50)(H,51,52,53)(H,54,55,56)(H,57,58,59). The molecular formula is C34H33N5O24S7. The number of methoxy groups -OCH3 is 2. The Morgan fingerprint density at radius 3 is 1.66 bits per heavy atom. The summed E-state index contributed by atoms with van der Waals surface area (Å²) in [7, 11) is -32.9. The number of nitrogens with zero attached hydrogens (tertiary/aromatic N) is 4. The van der Waals surface area contributed by atoms with Crippen molar-refractivity contribution >= 4 is 116 Å². The number of aromatic hydroxyl groups is 1. The van der Waals surface area contributed by atoms with Crippen LogP contribution >= 0.6 is 0 Å². The average Bonchev–Trinajstić information content (AvgIpc) is 3.22. The Hall–Kier alpha value is -5.87. The van der Waals surface area contributed by atoms with E-state index in [1.165, 1.54) is 24.3 Å². The van der Waals surface area contributed by atoms with Crippen molar-refractivity contribution in [1.29, 1.82) is 0 Å². The van der Waals surface area contributed by atoms with Crippen molar-refractivity contribution in [2.24, 2.45) is 20.5 Å². The topological polar surface area (TPSA) is 459 Å². The van der Waals surface area contributed by atoms with Gasteiger partial charge < -0.3 is 19.9 Å². The van der Waals surface area contributed by atoms with Gasteiger partial charge in [-0.15, -0.1) is 20.5 Å². The van der Waals surface area contributed by atoms with E-state index in [4.69, 9.17) is 18.6 Å². The van der Waals surface area contributed by atoms with E-state index in [1.807, 2.05) is 0 Å². The van der Waals surface area contributed by atoms with E-state index in [9.17, 15) is 77.7 Å². The van der Waals surface area contributed by atoms with Gasteiger partial charge in [-0.05, 0) is 54.6 Å². The van der Waals surface area contributed by atoms with Crippen molar-refractivity contribution in [3.63, 3.8) is 0 Å². The number of hydrogen-bond acceptors (Lipinski definition) is 24. The van der Waals surface area contributed by atoms with Crippen molar-refractivity contribution in [3.8, 4) is 17.2 Å². The number of sulfone groups is 2. The van der Waals surface area contributed by atoms with Gasteiger partial charge in [0.25, 0.3) is 30.4 Å². The fourth-order valence-corrected chi connectivity index (χ4v) is 11.0. The highest BCUT2D eigenvalue weighted by Gasteiger charge is 2.28. The molecule has 0 fully saturated rings. The Balaban J connectivity index is 1.74. The molecule has 70 heavy (non-hydrogen) atoms. The first-order valence-corrected chi connectivity index (χ1v) is 28.6. The molecular weight excluding hydrogens is 1090 g/mol. The number of anilines is 2. The van der Waals surface area contributed by atoms with E-state index in [0.29, 0.717) is 18.2 Å². The average molecular weight is 1120 g/mol. The Morgan fingerprint density at radius 1 is 0.514 bits per heavy atom. The summed E-state index contributed by atoms with van der Waals surface area (Å²) in [6, 6.07) is 10.9. The van der Waals surface area contributed by atoms with Crippen LogP contribution in [-0.2, 0) is 79.2 Å². The number of benzene rings is 5. The lowest BCUT2D eigenvalue weighted by atomic mass is 10.0. The molecule has 0 saturated carbocycles. The normalized spacial score (nSPS) is 13.3. The summed E-state index contributed by atoms with van der Waals surface area (Å²) in [6.45, 7) is -2.17. The second-order valence-electron chi connectivity index (χ2n) is 13.5. The quantitative estimate of drug-likeness (QED) is 0.0402. The van der Waals surface area contributed by atoms with Crippen molar-refractivity contribution in [1.82, 2.24) is 0 Å². The zero-order valence-electron chi connectivity index (χ0n) is 34.9. The fraction of sp³-hybridized carbons (Fsp3) is 0.176. The van der Waals surface area contributed by atoms with Gasteiger partial charge in [0, 0.05) is 28.6 Å². The van der Waals surface area contributed by atoms with E-state index in [0.717, 1.165) is 44.6 Å². The number of rotatable bonds is 21. The smallest absolute Gasteiger partial charge is 0.397 e. The lowest BCUT2D eigenvalue weighted by molar-refractivity contribution is 0.282. The summed E-state index contributed by atoms with van der Waals surface area (Å²) >= 11 is 0. The molecule has 380 valence electrons. The molecule has 0 atom stereocenters. The third-order valence-corrected chi connectivity index (χ3v) is 15.8. The first-order valence-electron chi connectivity index (χ1n) is 18.2. The molecule has 0 aromatic heterocycles.